The second kappa shape index (κ2) is 6.07. The highest BCUT2D eigenvalue weighted by Crippen LogP contribution is 2.21. The number of nitrogens with zero attached hydrogens (tertiary/aromatic N) is 1. The number of morpholine rings is 1. The molecule has 0 aliphatic carbocycles. The number of rotatable bonds is 4. The largest absolute Gasteiger partial charge is 0.379 e. The number of aromatic nitrogens is 1. The van der Waals surface area contributed by atoms with Crippen LogP contribution in [0.3, 0.4) is 0 Å². The number of fused-ring (bicyclic) bond motifs is 1. The maximum absolute atomic E-state index is 5.36. The quantitative estimate of drug-likeness (QED) is 0.936. The predicted octanol–water partition coefficient (Wildman–Crippen LogP) is 3.20. The van der Waals surface area contributed by atoms with Crippen molar-refractivity contribution in [3.05, 3.63) is 34.4 Å². The Morgan fingerprint density at radius 3 is 2.89 bits per heavy atom. The molecule has 1 fully saturated rings. The van der Waals surface area contributed by atoms with Crippen LogP contribution in [-0.4, -0.2) is 42.7 Å². The number of ether oxygens (including phenoxy) is 1. The van der Waals surface area contributed by atoms with Crippen LogP contribution in [0.4, 0.5) is 0 Å². The molecule has 1 saturated heterocycles. The van der Waals surface area contributed by atoms with E-state index < -0.39 is 0 Å². The van der Waals surface area contributed by atoms with E-state index in [1.165, 1.54) is 29.6 Å². The highest BCUT2D eigenvalue weighted by Gasteiger charge is 2.09. The van der Waals surface area contributed by atoms with Crippen molar-refractivity contribution in [2.75, 3.05) is 32.8 Å². The zero-order valence-electron chi connectivity index (χ0n) is 11.0. The van der Waals surface area contributed by atoms with Gasteiger partial charge in [-0.15, -0.1) is 0 Å². The van der Waals surface area contributed by atoms with Gasteiger partial charge in [0.1, 0.15) is 0 Å². The highest BCUT2D eigenvalue weighted by molar-refractivity contribution is 9.10. The van der Waals surface area contributed by atoms with Crippen LogP contribution in [0.1, 0.15) is 12.1 Å². The Bertz CT molecular complexity index is 546. The third kappa shape index (κ3) is 3.38. The van der Waals surface area contributed by atoms with Gasteiger partial charge < -0.3 is 9.72 Å². The monoisotopic (exact) mass is 322 g/mol. The van der Waals surface area contributed by atoms with E-state index in [1.807, 2.05) is 0 Å². The summed E-state index contributed by atoms with van der Waals surface area (Å²) in [6.07, 6.45) is 2.32. The summed E-state index contributed by atoms with van der Waals surface area (Å²) in [5, 5.41) is 1.30. The van der Waals surface area contributed by atoms with Gasteiger partial charge in [-0.3, -0.25) is 4.90 Å². The lowest BCUT2D eigenvalue weighted by Gasteiger charge is -2.26. The molecule has 0 amide bonds. The fourth-order valence-electron chi connectivity index (χ4n) is 2.61. The fraction of sp³-hybridized carbons (Fsp3) is 0.467. The molecule has 1 aromatic carbocycles. The van der Waals surface area contributed by atoms with E-state index in [-0.39, 0.29) is 0 Å². The minimum atomic E-state index is 0.889. The van der Waals surface area contributed by atoms with Crippen LogP contribution in [0.5, 0.6) is 0 Å². The third-order valence-electron chi connectivity index (χ3n) is 3.66. The number of H-pyrrole nitrogens is 1. The second-order valence-electron chi connectivity index (χ2n) is 5.08. The number of halogens is 1. The lowest BCUT2D eigenvalue weighted by molar-refractivity contribution is 0.0374. The van der Waals surface area contributed by atoms with Crippen LogP contribution < -0.4 is 0 Å². The number of hydrogen-bond donors (Lipinski definition) is 1. The van der Waals surface area contributed by atoms with Crippen molar-refractivity contribution in [1.29, 1.82) is 0 Å². The molecule has 3 rings (SSSR count). The minimum absolute atomic E-state index is 0.889. The molecule has 3 nitrogen and oxygen atoms in total. The Kier molecular flexibility index (Phi) is 4.21. The summed E-state index contributed by atoms with van der Waals surface area (Å²) in [5.41, 5.74) is 2.55. The molecule has 0 bridgehead atoms. The van der Waals surface area contributed by atoms with Crippen LogP contribution in [-0.2, 0) is 11.2 Å². The van der Waals surface area contributed by atoms with Gasteiger partial charge in [-0.1, -0.05) is 22.0 Å². The Balaban J connectivity index is 1.56. The van der Waals surface area contributed by atoms with E-state index in [0.717, 1.165) is 37.2 Å². The Morgan fingerprint density at radius 2 is 2.05 bits per heavy atom. The zero-order valence-corrected chi connectivity index (χ0v) is 12.6. The number of aryl methyl sites for hydroxylation is 1. The molecular weight excluding hydrogens is 304 g/mol. The molecule has 0 atom stereocenters. The SMILES string of the molecule is Brc1ccc2cc(CCCN3CCOCC3)[nH]c2c1. The molecule has 1 aliphatic heterocycles. The van der Waals surface area contributed by atoms with Gasteiger partial charge in [0.05, 0.1) is 13.2 Å². The number of hydrogen-bond acceptors (Lipinski definition) is 2. The third-order valence-corrected chi connectivity index (χ3v) is 4.16. The molecule has 1 N–H and O–H groups in total. The zero-order chi connectivity index (χ0) is 13.1. The van der Waals surface area contributed by atoms with Crippen molar-refractivity contribution in [2.24, 2.45) is 0 Å². The Hall–Kier alpha value is -0.840. The van der Waals surface area contributed by atoms with Crippen molar-refractivity contribution >= 4 is 26.8 Å². The van der Waals surface area contributed by atoms with Crippen LogP contribution in [0.15, 0.2) is 28.7 Å². The summed E-state index contributed by atoms with van der Waals surface area (Å²) in [6, 6.07) is 8.65. The molecule has 4 heteroatoms. The maximum Gasteiger partial charge on any atom is 0.0594 e. The molecule has 0 radical (unpaired) electrons. The standard InChI is InChI=1S/C15H19BrN2O/c16-13-4-3-12-10-14(17-15(12)11-13)2-1-5-18-6-8-19-9-7-18/h3-4,10-11,17H,1-2,5-9H2. The van der Waals surface area contributed by atoms with E-state index >= 15 is 0 Å². The molecule has 1 aromatic heterocycles. The topological polar surface area (TPSA) is 28.3 Å². The van der Waals surface area contributed by atoms with Crippen LogP contribution in [0, 0.1) is 0 Å². The molecule has 2 heterocycles. The molecule has 0 spiro atoms. The number of benzene rings is 1. The van der Waals surface area contributed by atoms with Gasteiger partial charge in [0, 0.05) is 28.8 Å². The van der Waals surface area contributed by atoms with Crippen molar-refractivity contribution in [2.45, 2.75) is 12.8 Å². The predicted molar refractivity (Wildman–Crippen MR) is 81.6 cm³/mol. The first-order chi connectivity index (χ1) is 9.31. The maximum atomic E-state index is 5.36. The highest BCUT2D eigenvalue weighted by atomic mass is 79.9. The van der Waals surface area contributed by atoms with Crippen molar-refractivity contribution in [3.63, 3.8) is 0 Å². The second-order valence-corrected chi connectivity index (χ2v) is 6.00. The summed E-state index contributed by atoms with van der Waals surface area (Å²) in [6.45, 7) is 5.11. The van der Waals surface area contributed by atoms with Crippen molar-refractivity contribution in [1.82, 2.24) is 9.88 Å². The first-order valence-corrected chi connectivity index (χ1v) is 7.68. The lowest BCUT2D eigenvalue weighted by atomic mass is 10.2. The molecule has 0 unspecified atom stereocenters. The Labute approximate surface area is 122 Å². The van der Waals surface area contributed by atoms with E-state index in [9.17, 15) is 0 Å². The van der Waals surface area contributed by atoms with Crippen LogP contribution >= 0.6 is 15.9 Å². The average Bonchev–Trinajstić information content (AvgIpc) is 2.82. The normalized spacial score (nSPS) is 17.1. The van der Waals surface area contributed by atoms with Crippen molar-refractivity contribution in [3.8, 4) is 0 Å². The van der Waals surface area contributed by atoms with E-state index in [2.05, 4.69) is 50.1 Å². The first-order valence-electron chi connectivity index (χ1n) is 6.88. The number of nitrogens with one attached hydrogen (secondary N) is 1. The van der Waals surface area contributed by atoms with Gasteiger partial charge in [-0.2, -0.15) is 0 Å². The molecule has 1 aliphatic rings. The van der Waals surface area contributed by atoms with Gasteiger partial charge in [0.25, 0.3) is 0 Å². The lowest BCUT2D eigenvalue weighted by Crippen LogP contribution is -2.36. The summed E-state index contributed by atoms with van der Waals surface area (Å²) in [5.74, 6) is 0. The molecule has 19 heavy (non-hydrogen) atoms. The van der Waals surface area contributed by atoms with Gasteiger partial charge >= 0.3 is 0 Å². The molecule has 102 valence electrons. The van der Waals surface area contributed by atoms with E-state index in [1.54, 1.807) is 0 Å². The van der Waals surface area contributed by atoms with E-state index in [0.29, 0.717) is 0 Å². The Morgan fingerprint density at radius 1 is 1.21 bits per heavy atom. The summed E-state index contributed by atoms with van der Waals surface area (Å²) < 4.78 is 6.49. The minimum Gasteiger partial charge on any atom is -0.379 e. The van der Waals surface area contributed by atoms with Crippen LogP contribution in [0.2, 0.25) is 0 Å². The fourth-order valence-corrected chi connectivity index (χ4v) is 2.97. The smallest absolute Gasteiger partial charge is 0.0594 e. The molecule has 0 saturated carbocycles. The van der Waals surface area contributed by atoms with Gasteiger partial charge in [-0.25, -0.2) is 0 Å². The summed E-state index contributed by atoms with van der Waals surface area (Å²) in [7, 11) is 0. The van der Waals surface area contributed by atoms with Crippen molar-refractivity contribution < 1.29 is 4.74 Å². The first kappa shape index (κ1) is 13.2. The summed E-state index contributed by atoms with van der Waals surface area (Å²) in [4.78, 5) is 5.99. The van der Waals surface area contributed by atoms with Gasteiger partial charge in [0.15, 0.2) is 0 Å². The molecular formula is C15H19BrN2O. The van der Waals surface area contributed by atoms with Gasteiger partial charge in [-0.05, 0) is 43.0 Å². The average molecular weight is 323 g/mol. The molecule has 2 aromatic rings. The summed E-state index contributed by atoms with van der Waals surface area (Å²) >= 11 is 3.51. The van der Waals surface area contributed by atoms with Crippen LogP contribution in [0.25, 0.3) is 10.9 Å². The number of aromatic amines is 1. The van der Waals surface area contributed by atoms with Gasteiger partial charge in [0.2, 0.25) is 0 Å². The van der Waals surface area contributed by atoms with E-state index in [4.69, 9.17) is 4.74 Å².